The Morgan fingerprint density at radius 3 is 1.61 bits per heavy atom. The molecule has 18 heavy (non-hydrogen) atoms. The van der Waals surface area contributed by atoms with Crippen LogP contribution in [0.4, 0.5) is 0 Å². The van der Waals surface area contributed by atoms with Gasteiger partial charge in [-0.2, -0.15) is 0 Å². The summed E-state index contributed by atoms with van der Waals surface area (Å²) < 4.78 is 18.1. The van der Waals surface area contributed by atoms with Gasteiger partial charge in [0.25, 0.3) is 0 Å². The van der Waals surface area contributed by atoms with Crippen molar-refractivity contribution in [1.29, 1.82) is 0 Å². The number of hydrogen-bond acceptors (Lipinski definition) is 4. The molecule has 0 unspecified atom stereocenters. The maximum absolute atomic E-state index is 12.8. The zero-order valence-corrected chi connectivity index (χ0v) is 11.2. The van der Waals surface area contributed by atoms with E-state index in [-0.39, 0.29) is 0 Å². The van der Waals surface area contributed by atoms with Crippen LogP contribution in [0.1, 0.15) is 0 Å². The molecule has 6 heteroatoms. The normalized spacial score (nSPS) is 10.9. The van der Waals surface area contributed by atoms with Crippen molar-refractivity contribution in [3.05, 3.63) is 70.8 Å². The van der Waals surface area contributed by atoms with E-state index in [2.05, 4.69) is 3.83 Å². The van der Waals surface area contributed by atoms with Crippen LogP contribution in [0.3, 0.4) is 0 Å². The summed E-state index contributed by atoms with van der Waals surface area (Å²) in [4.78, 5) is 10.6. The zero-order chi connectivity index (χ0) is 13.0. The second-order valence-electron chi connectivity index (χ2n) is 3.53. The van der Waals surface area contributed by atoms with E-state index in [1.807, 2.05) is 0 Å². The fourth-order valence-corrected chi connectivity index (χ4v) is 5.37. The topological polar surface area (TPSA) is 69.4 Å². The van der Waals surface area contributed by atoms with Gasteiger partial charge in [-0.1, -0.05) is 0 Å². The van der Waals surface area contributed by atoms with E-state index in [0.717, 1.165) is 0 Å². The Bertz CT molecular complexity index is 542. The van der Waals surface area contributed by atoms with E-state index in [9.17, 15) is 13.9 Å². The van der Waals surface area contributed by atoms with Crippen molar-refractivity contribution < 1.29 is 12.7 Å². The van der Waals surface area contributed by atoms with Gasteiger partial charge >= 0.3 is 106 Å². The van der Waals surface area contributed by atoms with Crippen LogP contribution in [0.15, 0.2) is 60.7 Å². The summed E-state index contributed by atoms with van der Waals surface area (Å²) >= 11 is -4.41. The van der Waals surface area contributed by atoms with Gasteiger partial charge in [0.2, 0.25) is 0 Å². The Morgan fingerprint density at radius 1 is 0.889 bits per heavy atom. The third kappa shape index (κ3) is 2.46. The van der Waals surface area contributed by atoms with Crippen LogP contribution >= 0.6 is 0 Å². The molecule has 0 aliphatic rings. The molecule has 0 saturated heterocycles. The van der Waals surface area contributed by atoms with E-state index >= 15 is 0 Å². The average Bonchev–Trinajstić information content (AvgIpc) is 2.40. The van der Waals surface area contributed by atoms with Crippen molar-refractivity contribution in [2.75, 3.05) is 0 Å². The first-order valence-corrected chi connectivity index (χ1v) is 8.59. The van der Waals surface area contributed by atoms with Crippen molar-refractivity contribution >= 4 is 22.5 Å². The first-order valence-electron chi connectivity index (χ1n) is 5.18. The van der Waals surface area contributed by atoms with Crippen LogP contribution < -0.4 is 8.70 Å². The van der Waals surface area contributed by atoms with Gasteiger partial charge in [-0.15, -0.1) is 0 Å². The van der Waals surface area contributed by atoms with Crippen LogP contribution in [0.25, 0.3) is 0 Å². The molecule has 2 rings (SSSR count). The average molecular weight is 307 g/mol. The fourth-order valence-electron chi connectivity index (χ4n) is 1.59. The maximum atomic E-state index is 12.8. The van der Waals surface area contributed by atoms with Crippen LogP contribution in [-0.2, 0) is 7.57 Å². The molecule has 0 saturated carbocycles. The van der Waals surface area contributed by atoms with Gasteiger partial charge in [0, 0.05) is 0 Å². The molecule has 0 spiro atoms. The van der Waals surface area contributed by atoms with Gasteiger partial charge in [-0.3, -0.25) is 0 Å². The Kier molecular flexibility index (Phi) is 3.53. The SMILES string of the molecule is O=[N+]([O-])O[As](=O)(c1ccccc1)c1ccccc1. The third-order valence-electron chi connectivity index (χ3n) is 2.37. The summed E-state index contributed by atoms with van der Waals surface area (Å²) in [6.45, 7) is 0. The molecule has 0 radical (unpaired) electrons. The quantitative estimate of drug-likeness (QED) is 0.478. The Hall–Kier alpha value is -2.00. The second kappa shape index (κ2) is 5.10. The molecule has 0 heterocycles. The minimum atomic E-state index is -4.41. The van der Waals surface area contributed by atoms with Crippen molar-refractivity contribution in [3.8, 4) is 0 Å². The van der Waals surface area contributed by atoms with E-state index < -0.39 is 18.9 Å². The molecule has 0 aromatic heterocycles. The van der Waals surface area contributed by atoms with Gasteiger partial charge in [0.1, 0.15) is 0 Å². The van der Waals surface area contributed by atoms with Crippen molar-refractivity contribution in [2.24, 2.45) is 0 Å². The second-order valence-corrected chi connectivity index (χ2v) is 8.35. The number of nitrogens with zero attached hydrogens (tertiary/aromatic N) is 1. The predicted molar refractivity (Wildman–Crippen MR) is 66.7 cm³/mol. The molecule has 5 nitrogen and oxygen atoms in total. The Balaban J connectivity index is 2.55. The van der Waals surface area contributed by atoms with E-state index in [4.69, 9.17) is 0 Å². The van der Waals surface area contributed by atoms with Gasteiger partial charge in [-0.25, -0.2) is 0 Å². The summed E-state index contributed by atoms with van der Waals surface area (Å²) in [5, 5.41) is 9.60. The Labute approximate surface area is 106 Å². The molecule has 0 aliphatic carbocycles. The molecule has 2 aromatic carbocycles. The van der Waals surface area contributed by atoms with Crippen LogP contribution in [0.5, 0.6) is 0 Å². The van der Waals surface area contributed by atoms with Gasteiger partial charge < -0.3 is 0 Å². The van der Waals surface area contributed by atoms with Gasteiger partial charge in [0.15, 0.2) is 0 Å². The van der Waals surface area contributed by atoms with E-state index in [1.54, 1.807) is 60.7 Å². The number of benzene rings is 2. The van der Waals surface area contributed by atoms with Crippen LogP contribution in [-0.4, -0.2) is 18.9 Å². The van der Waals surface area contributed by atoms with E-state index in [1.165, 1.54) is 0 Å². The Morgan fingerprint density at radius 2 is 1.28 bits per heavy atom. The molecule has 0 atom stereocenters. The molecule has 0 fully saturated rings. The summed E-state index contributed by atoms with van der Waals surface area (Å²) in [7, 11) is 0. The molecule has 0 bridgehead atoms. The molecule has 92 valence electrons. The van der Waals surface area contributed by atoms with Gasteiger partial charge in [0.05, 0.1) is 0 Å². The fraction of sp³-hybridized carbons (Fsp3) is 0. The molecule has 0 aliphatic heterocycles. The summed E-state index contributed by atoms with van der Waals surface area (Å²) in [5.74, 6) is 0. The summed E-state index contributed by atoms with van der Waals surface area (Å²) in [5.41, 5.74) is 0. The first-order chi connectivity index (χ1) is 8.63. The van der Waals surface area contributed by atoms with Crippen LogP contribution in [0.2, 0.25) is 0 Å². The summed E-state index contributed by atoms with van der Waals surface area (Å²) in [6, 6.07) is 16.5. The van der Waals surface area contributed by atoms with E-state index in [0.29, 0.717) is 8.70 Å². The number of rotatable bonds is 4. The molecule has 0 amide bonds. The molecule has 2 aromatic rings. The third-order valence-corrected chi connectivity index (χ3v) is 7.24. The zero-order valence-electron chi connectivity index (χ0n) is 9.30. The van der Waals surface area contributed by atoms with Gasteiger partial charge in [-0.05, 0) is 0 Å². The molecular weight excluding hydrogens is 297 g/mol. The number of hydrogen-bond donors (Lipinski definition) is 0. The monoisotopic (exact) mass is 307 g/mol. The first kappa shape index (κ1) is 12.5. The molecular formula is C12H10AsNO4. The molecule has 0 N–H and O–H groups in total. The van der Waals surface area contributed by atoms with Crippen molar-refractivity contribution in [3.63, 3.8) is 0 Å². The minimum absolute atomic E-state index is 0.360. The van der Waals surface area contributed by atoms with Crippen LogP contribution in [0, 0.1) is 10.1 Å². The predicted octanol–water partition coefficient (Wildman–Crippen LogP) is 0.882. The standard InChI is InChI=1S/C12H10AsNO4/c15-13(18-14(16)17,11-7-3-1-4-8-11)12-9-5-2-6-10-12/h1-10H. The van der Waals surface area contributed by atoms with Crippen molar-refractivity contribution in [1.82, 2.24) is 0 Å². The van der Waals surface area contributed by atoms with Crippen molar-refractivity contribution in [2.45, 2.75) is 0 Å². The summed E-state index contributed by atoms with van der Waals surface area (Å²) in [6.07, 6.45) is 0.